The van der Waals surface area contributed by atoms with Crippen LogP contribution in [0.3, 0.4) is 0 Å². The van der Waals surface area contributed by atoms with Crippen LogP contribution in [0.5, 0.6) is 5.75 Å². The van der Waals surface area contributed by atoms with Crippen molar-refractivity contribution in [1.29, 1.82) is 0 Å². The molecule has 1 N–H and O–H groups in total. The highest BCUT2D eigenvalue weighted by Gasteiger charge is 2.10. The summed E-state index contributed by atoms with van der Waals surface area (Å²) in [6.07, 6.45) is 0. The minimum Gasteiger partial charge on any atom is -0.497 e. The van der Waals surface area contributed by atoms with Gasteiger partial charge in [-0.3, -0.25) is 9.59 Å². The van der Waals surface area contributed by atoms with E-state index in [4.69, 9.17) is 4.74 Å². The molecule has 0 bridgehead atoms. The van der Waals surface area contributed by atoms with E-state index in [2.05, 4.69) is 15.4 Å². The van der Waals surface area contributed by atoms with Crippen LogP contribution < -0.4 is 15.6 Å². The Kier molecular flexibility index (Phi) is 6.18. The molecular weight excluding hydrogens is 412 g/mol. The molecule has 0 aliphatic heterocycles. The molecule has 4 aromatic rings. The Hall–Kier alpha value is -3.78. The quantitative estimate of drug-likeness (QED) is 0.484. The summed E-state index contributed by atoms with van der Waals surface area (Å²) < 4.78 is 6.32. The average Bonchev–Trinajstić information content (AvgIpc) is 3.29. The zero-order valence-corrected chi connectivity index (χ0v) is 17.6. The molecule has 0 fully saturated rings. The number of aromatic nitrogens is 3. The van der Waals surface area contributed by atoms with Crippen molar-refractivity contribution in [1.82, 2.24) is 20.1 Å². The van der Waals surface area contributed by atoms with Gasteiger partial charge in [0.1, 0.15) is 17.3 Å². The molecule has 0 saturated carbocycles. The van der Waals surface area contributed by atoms with E-state index in [0.717, 1.165) is 32.3 Å². The Bertz CT molecular complexity index is 1230. The van der Waals surface area contributed by atoms with E-state index < -0.39 is 0 Å². The number of nitrogens with zero attached hydrogens (tertiary/aromatic N) is 3. The van der Waals surface area contributed by atoms with Gasteiger partial charge in [0, 0.05) is 22.6 Å². The molecule has 156 valence electrons. The van der Waals surface area contributed by atoms with Crippen LogP contribution in [0.4, 0.5) is 0 Å². The third-order valence-corrected chi connectivity index (χ3v) is 5.53. The molecule has 0 saturated heterocycles. The molecule has 0 unspecified atom stereocenters. The van der Waals surface area contributed by atoms with Crippen molar-refractivity contribution >= 4 is 17.2 Å². The molecule has 2 heterocycles. The second-order valence-corrected chi connectivity index (χ2v) is 7.59. The summed E-state index contributed by atoms with van der Waals surface area (Å²) in [6, 6.07) is 20.2. The fourth-order valence-electron chi connectivity index (χ4n) is 2.96. The SMILES string of the molecule is COc1ccc(-c2ccc(=O)n(CC(=O)NCc3csc(-c4ccccc4)n3)n2)cc1. The number of carbonyl (C=O) groups is 1. The van der Waals surface area contributed by atoms with Crippen LogP contribution in [-0.2, 0) is 17.9 Å². The Labute approximate surface area is 183 Å². The second-order valence-electron chi connectivity index (χ2n) is 6.73. The largest absolute Gasteiger partial charge is 0.497 e. The summed E-state index contributed by atoms with van der Waals surface area (Å²) in [5.74, 6) is 0.421. The van der Waals surface area contributed by atoms with E-state index in [1.807, 2.05) is 60.0 Å². The van der Waals surface area contributed by atoms with Crippen LogP contribution >= 0.6 is 11.3 Å². The Morgan fingerprint density at radius 2 is 1.81 bits per heavy atom. The van der Waals surface area contributed by atoms with E-state index in [1.165, 1.54) is 17.4 Å². The van der Waals surface area contributed by atoms with E-state index in [9.17, 15) is 9.59 Å². The zero-order valence-electron chi connectivity index (χ0n) is 16.8. The molecule has 31 heavy (non-hydrogen) atoms. The molecule has 4 rings (SSSR count). The number of ether oxygens (including phenoxy) is 1. The summed E-state index contributed by atoms with van der Waals surface area (Å²) in [5, 5.41) is 9.94. The third kappa shape index (κ3) is 5.04. The molecule has 2 aromatic carbocycles. The summed E-state index contributed by atoms with van der Waals surface area (Å²) >= 11 is 1.52. The van der Waals surface area contributed by atoms with Crippen molar-refractivity contribution in [3.8, 4) is 27.6 Å². The fraction of sp³-hybridized carbons (Fsp3) is 0.130. The van der Waals surface area contributed by atoms with E-state index >= 15 is 0 Å². The number of benzene rings is 2. The number of thiazole rings is 1. The standard InChI is InChI=1S/C23H20N4O3S/c1-30-19-9-7-16(8-10-19)20-11-12-22(29)27(26-20)14-21(28)24-13-18-15-31-23(25-18)17-5-3-2-4-6-17/h2-12,15H,13-14H2,1H3,(H,24,28). The predicted molar refractivity (Wildman–Crippen MR) is 120 cm³/mol. The van der Waals surface area contributed by atoms with E-state index in [1.54, 1.807) is 13.2 Å². The lowest BCUT2D eigenvalue weighted by Crippen LogP contribution is -2.33. The van der Waals surface area contributed by atoms with Gasteiger partial charge < -0.3 is 10.1 Å². The van der Waals surface area contributed by atoms with Gasteiger partial charge >= 0.3 is 0 Å². The first-order valence-electron chi connectivity index (χ1n) is 9.61. The maximum atomic E-state index is 12.4. The topological polar surface area (TPSA) is 86.1 Å². The number of hydrogen-bond donors (Lipinski definition) is 1. The molecule has 0 aliphatic carbocycles. The molecule has 2 aromatic heterocycles. The third-order valence-electron chi connectivity index (χ3n) is 4.58. The Balaban J connectivity index is 1.40. The first-order valence-corrected chi connectivity index (χ1v) is 10.5. The van der Waals surface area contributed by atoms with Crippen LogP contribution in [-0.4, -0.2) is 27.8 Å². The minimum absolute atomic E-state index is 0.168. The van der Waals surface area contributed by atoms with Gasteiger partial charge in [0.05, 0.1) is 25.0 Å². The number of carbonyl (C=O) groups excluding carboxylic acids is 1. The van der Waals surface area contributed by atoms with Gasteiger partial charge in [0.25, 0.3) is 5.56 Å². The number of amides is 1. The normalized spacial score (nSPS) is 10.6. The molecular formula is C23H20N4O3S. The number of hydrogen-bond acceptors (Lipinski definition) is 6. The lowest BCUT2D eigenvalue weighted by molar-refractivity contribution is -0.122. The second kappa shape index (κ2) is 9.36. The number of methoxy groups -OCH3 is 1. The summed E-state index contributed by atoms with van der Waals surface area (Å²) in [5.41, 5.74) is 2.89. The molecule has 0 spiro atoms. The molecule has 0 aliphatic rings. The summed E-state index contributed by atoms with van der Waals surface area (Å²) in [6.45, 7) is 0.119. The van der Waals surface area contributed by atoms with E-state index in [-0.39, 0.29) is 24.6 Å². The van der Waals surface area contributed by atoms with Crippen molar-refractivity contribution in [2.45, 2.75) is 13.1 Å². The van der Waals surface area contributed by atoms with Gasteiger partial charge in [-0.15, -0.1) is 11.3 Å². The van der Waals surface area contributed by atoms with Crippen LogP contribution in [0.1, 0.15) is 5.69 Å². The Morgan fingerprint density at radius 3 is 2.55 bits per heavy atom. The molecule has 8 heteroatoms. The Morgan fingerprint density at radius 1 is 1.03 bits per heavy atom. The van der Waals surface area contributed by atoms with Gasteiger partial charge in [0.2, 0.25) is 5.91 Å². The average molecular weight is 433 g/mol. The number of rotatable bonds is 7. The first kappa shape index (κ1) is 20.5. The fourth-order valence-corrected chi connectivity index (χ4v) is 3.79. The van der Waals surface area contributed by atoms with Crippen molar-refractivity contribution < 1.29 is 9.53 Å². The molecule has 0 atom stereocenters. The van der Waals surface area contributed by atoms with Crippen LogP contribution in [0.15, 0.2) is 76.9 Å². The summed E-state index contributed by atoms with van der Waals surface area (Å²) in [4.78, 5) is 29.1. The molecule has 7 nitrogen and oxygen atoms in total. The highest BCUT2D eigenvalue weighted by atomic mass is 32.1. The minimum atomic E-state index is -0.340. The lowest BCUT2D eigenvalue weighted by atomic mass is 10.1. The van der Waals surface area contributed by atoms with Crippen molar-refractivity contribution in [3.05, 3.63) is 88.2 Å². The maximum Gasteiger partial charge on any atom is 0.267 e. The van der Waals surface area contributed by atoms with Crippen molar-refractivity contribution in [2.75, 3.05) is 7.11 Å². The van der Waals surface area contributed by atoms with Gasteiger partial charge in [-0.05, 0) is 30.3 Å². The van der Waals surface area contributed by atoms with Crippen LogP contribution in [0, 0.1) is 0 Å². The predicted octanol–water partition coefficient (Wildman–Crippen LogP) is 3.36. The van der Waals surface area contributed by atoms with Gasteiger partial charge in [-0.1, -0.05) is 30.3 Å². The van der Waals surface area contributed by atoms with Crippen LogP contribution in [0.25, 0.3) is 21.8 Å². The summed E-state index contributed by atoms with van der Waals surface area (Å²) in [7, 11) is 1.60. The van der Waals surface area contributed by atoms with Crippen LogP contribution in [0.2, 0.25) is 0 Å². The van der Waals surface area contributed by atoms with Crippen molar-refractivity contribution in [2.24, 2.45) is 0 Å². The lowest BCUT2D eigenvalue weighted by Gasteiger charge is -2.08. The highest BCUT2D eigenvalue weighted by Crippen LogP contribution is 2.23. The van der Waals surface area contributed by atoms with Gasteiger partial charge in [-0.2, -0.15) is 5.10 Å². The molecule has 0 radical (unpaired) electrons. The monoisotopic (exact) mass is 432 g/mol. The van der Waals surface area contributed by atoms with Gasteiger partial charge in [0.15, 0.2) is 0 Å². The van der Waals surface area contributed by atoms with Crippen molar-refractivity contribution in [3.63, 3.8) is 0 Å². The smallest absolute Gasteiger partial charge is 0.267 e. The molecule has 1 amide bonds. The zero-order chi connectivity index (χ0) is 21.6. The van der Waals surface area contributed by atoms with E-state index in [0.29, 0.717) is 5.69 Å². The first-order chi connectivity index (χ1) is 15.1. The highest BCUT2D eigenvalue weighted by molar-refractivity contribution is 7.13. The van der Waals surface area contributed by atoms with Gasteiger partial charge in [-0.25, -0.2) is 9.67 Å². The number of nitrogens with one attached hydrogen (secondary N) is 1. The maximum absolute atomic E-state index is 12.4.